The first kappa shape index (κ1) is 14.0. The van der Waals surface area contributed by atoms with Gasteiger partial charge in [0.1, 0.15) is 5.75 Å². The lowest BCUT2D eigenvalue weighted by molar-refractivity contribution is 0.0510. The highest BCUT2D eigenvalue weighted by Gasteiger charge is 2.21. The Hall–Kier alpha value is -1.06. The Morgan fingerprint density at radius 2 is 2.00 bits per heavy atom. The number of methoxy groups -OCH3 is 1. The average molecular weight is 257 g/mol. The zero-order valence-electron chi connectivity index (χ0n) is 10.5. The Bertz CT molecular complexity index is 408. The first-order valence-corrected chi connectivity index (χ1v) is 5.70. The van der Waals surface area contributed by atoms with Crippen LogP contribution in [0.15, 0.2) is 18.2 Å². The number of hydrogen-bond donors (Lipinski definition) is 0. The highest BCUT2D eigenvalue weighted by Crippen LogP contribution is 2.30. The van der Waals surface area contributed by atoms with E-state index in [0.29, 0.717) is 11.3 Å². The van der Waals surface area contributed by atoms with Gasteiger partial charge in [-0.2, -0.15) is 0 Å². The molecule has 1 aromatic rings. The van der Waals surface area contributed by atoms with Gasteiger partial charge in [-0.15, -0.1) is 0 Å². The number of rotatable bonds is 4. The number of carbonyl (C=O) groups excluding carboxylic acids is 1. The van der Waals surface area contributed by atoms with Crippen LogP contribution in [0.1, 0.15) is 36.7 Å². The molecule has 0 radical (unpaired) electrons. The summed E-state index contributed by atoms with van der Waals surface area (Å²) in [6.07, 6.45) is 0. The van der Waals surface area contributed by atoms with E-state index in [1.807, 2.05) is 26.8 Å². The second-order valence-corrected chi connectivity index (χ2v) is 5.13. The molecule has 0 unspecified atom stereocenters. The van der Waals surface area contributed by atoms with Crippen molar-refractivity contribution in [1.82, 2.24) is 0 Å². The van der Waals surface area contributed by atoms with Crippen LogP contribution in [0.2, 0.25) is 0 Å². The molecule has 3 nitrogen and oxygen atoms in total. The fourth-order valence-corrected chi connectivity index (χ4v) is 1.70. The van der Waals surface area contributed by atoms with Crippen molar-refractivity contribution < 1.29 is 14.3 Å². The van der Waals surface area contributed by atoms with Gasteiger partial charge in [0.05, 0.1) is 0 Å². The molecule has 0 aromatic heterocycles. The van der Waals surface area contributed by atoms with Crippen molar-refractivity contribution in [3.63, 3.8) is 0 Å². The van der Waals surface area contributed by atoms with E-state index in [0.717, 1.165) is 5.56 Å². The van der Waals surface area contributed by atoms with Gasteiger partial charge < -0.3 is 9.47 Å². The molecule has 1 aromatic carbocycles. The summed E-state index contributed by atoms with van der Waals surface area (Å²) in [6, 6.07) is 5.22. The summed E-state index contributed by atoms with van der Waals surface area (Å²) >= 11 is 5.57. The van der Waals surface area contributed by atoms with Crippen molar-refractivity contribution in [3.8, 4) is 5.75 Å². The van der Waals surface area contributed by atoms with Gasteiger partial charge in [0.15, 0.2) is 6.79 Å². The van der Waals surface area contributed by atoms with Crippen molar-refractivity contribution in [2.75, 3.05) is 13.9 Å². The molecule has 0 bridgehead atoms. The topological polar surface area (TPSA) is 35.5 Å². The van der Waals surface area contributed by atoms with Gasteiger partial charge in [-0.05, 0) is 40.8 Å². The van der Waals surface area contributed by atoms with Crippen LogP contribution in [-0.2, 0) is 10.2 Å². The summed E-state index contributed by atoms with van der Waals surface area (Å²) < 4.78 is 10.2. The van der Waals surface area contributed by atoms with Crippen molar-refractivity contribution >= 4 is 16.8 Å². The van der Waals surface area contributed by atoms with E-state index in [4.69, 9.17) is 21.1 Å². The molecule has 0 atom stereocenters. The van der Waals surface area contributed by atoms with Crippen molar-refractivity contribution in [2.24, 2.45) is 0 Å². The molecule has 0 aliphatic rings. The van der Waals surface area contributed by atoms with Crippen LogP contribution in [-0.4, -0.2) is 19.1 Å². The first-order valence-electron chi connectivity index (χ1n) is 5.32. The molecule has 94 valence electrons. The van der Waals surface area contributed by atoms with E-state index >= 15 is 0 Å². The van der Waals surface area contributed by atoms with Crippen LogP contribution in [0.4, 0.5) is 0 Å². The largest absolute Gasteiger partial charge is 0.468 e. The fraction of sp³-hybridized carbons (Fsp3) is 0.462. The molecule has 0 N–H and O–H groups in total. The smallest absolute Gasteiger partial charge is 0.252 e. The van der Waals surface area contributed by atoms with E-state index in [1.54, 1.807) is 19.2 Å². The minimum atomic E-state index is -0.451. The van der Waals surface area contributed by atoms with E-state index in [-0.39, 0.29) is 12.2 Å². The van der Waals surface area contributed by atoms with E-state index in [9.17, 15) is 4.79 Å². The van der Waals surface area contributed by atoms with Gasteiger partial charge in [0.2, 0.25) is 0 Å². The summed E-state index contributed by atoms with van der Waals surface area (Å²) in [5, 5.41) is -0.451. The van der Waals surface area contributed by atoms with Crippen LogP contribution < -0.4 is 4.74 Å². The minimum Gasteiger partial charge on any atom is -0.468 e. The zero-order valence-corrected chi connectivity index (χ0v) is 11.3. The molecular weight excluding hydrogens is 240 g/mol. The van der Waals surface area contributed by atoms with Gasteiger partial charge in [-0.3, -0.25) is 4.79 Å². The Labute approximate surface area is 107 Å². The molecule has 0 saturated carbocycles. The SMILES string of the molecule is COCOc1ccc(C(=O)Cl)c(C(C)(C)C)c1. The number of benzene rings is 1. The number of ether oxygens (including phenoxy) is 2. The third kappa shape index (κ3) is 3.72. The molecule has 0 amide bonds. The summed E-state index contributed by atoms with van der Waals surface area (Å²) in [4.78, 5) is 11.3. The van der Waals surface area contributed by atoms with Crippen LogP contribution in [0.25, 0.3) is 0 Å². The lowest BCUT2D eigenvalue weighted by Gasteiger charge is -2.22. The first-order chi connectivity index (χ1) is 7.86. The van der Waals surface area contributed by atoms with E-state index in [2.05, 4.69) is 0 Å². The van der Waals surface area contributed by atoms with Crippen LogP contribution in [0.3, 0.4) is 0 Å². The minimum absolute atomic E-state index is 0.174. The third-order valence-corrected chi connectivity index (χ3v) is 2.56. The van der Waals surface area contributed by atoms with Gasteiger partial charge in [0, 0.05) is 12.7 Å². The molecule has 17 heavy (non-hydrogen) atoms. The summed E-state index contributed by atoms with van der Waals surface area (Å²) in [5.41, 5.74) is 1.21. The molecular formula is C13H17ClO3. The normalized spacial score (nSPS) is 11.4. The fourth-order valence-electron chi connectivity index (χ4n) is 1.53. The Morgan fingerprint density at radius 3 is 2.47 bits per heavy atom. The molecule has 4 heteroatoms. The third-order valence-electron chi connectivity index (χ3n) is 2.35. The molecule has 0 heterocycles. The number of hydrogen-bond acceptors (Lipinski definition) is 3. The predicted octanol–water partition coefficient (Wildman–Crippen LogP) is 3.35. The maximum atomic E-state index is 11.3. The Balaban J connectivity index is 3.15. The molecule has 0 fully saturated rings. The van der Waals surface area contributed by atoms with Gasteiger partial charge in [0.25, 0.3) is 5.24 Å². The monoisotopic (exact) mass is 256 g/mol. The second-order valence-electron chi connectivity index (χ2n) is 4.78. The van der Waals surface area contributed by atoms with Crippen LogP contribution >= 0.6 is 11.6 Å². The highest BCUT2D eigenvalue weighted by atomic mass is 35.5. The molecule has 0 spiro atoms. The molecule has 1 rings (SSSR count). The lowest BCUT2D eigenvalue weighted by Crippen LogP contribution is -2.16. The number of carbonyl (C=O) groups is 1. The summed E-state index contributed by atoms with van der Waals surface area (Å²) in [6.45, 7) is 6.24. The maximum Gasteiger partial charge on any atom is 0.252 e. The summed E-state index contributed by atoms with van der Waals surface area (Å²) in [5.74, 6) is 0.665. The van der Waals surface area contributed by atoms with Crippen molar-refractivity contribution in [3.05, 3.63) is 29.3 Å². The van der Waals surface area contributed by atoms with Gasteiger partial charge in [-0.25, -0.2) is 0 Å². The number of halogens is 1. The van der Waals surface area contributed by atoms with Crippen molar-refractivity contribution in [1.29, 1.82) is 0 Å². The second kappa shape index (κ2) is 5.52. The average Bonchev–Trinajstić information content (AvgIpc) is 2.24. The Morgan fingerprint density at radius 1 is 1.35 bits per heavy atom. The molecule has 0 saturated heterocycles. The lowest BCUT2D eigenvalue weighted by atomic mass is 9.84. The summed E-state index contributed by atoms with van der Waals surface area (Å²) in [7, 11) is 1.56. The van der Waals surface area contributed by atoms with E-state index in [1.165, 1.54) is 0 Å². The highest BCUT2D eigenvalue weighted by molar-refractivity contribution is 6.67. The predicted molar refractivity (Wildman–Crippen MR) is 67.8 cm³/mol. The standard InChI is InChI=1S/C13H17ClO3/c1-13(2,3)11-7-9(17-8-16-4)5-6-10(11)12(14)15/h5-7H,8H2,1-4H3. The maximum absolute atomic E-state index is 11.3. The zero-order chi connectivity index (χ0) is 13.1. The van der Waals surface area contributed by atoms with Crippen molar-refractivity contribution in [2.45, 2.75) is 26.2 Å². The Kier molecular flexibility index (Phi) is 4.54. The van der Waals surface area contributed by atoms with Crippen LogP contribution in [0, 0.1) is 0 Å². The van der Waals surface area contributed by atoms with Gasteiger partial charge in [-0.1, -0.05) is 20.8 Å². The quantitative estimate of drug-likeness (QED) is 0.612. The van der Waals surface area contributed by atoms with E-state index < -0.39 is 5.24 Å². The molecule has 0 aliphatic carbocycles. The van der Waals surface area contributed by atoms with Gasteiger partial charge >= 0.3 is 0 Å². The molecule has 0 aliphatic heterocycles. The van der Waals surface area contributed by atoms with Crippen LogP contribution in [0.5, 0.6) is 5.75 Å².